The predicted molar refractivity (Wildman–Crippen MR) is 47.3 cm³/mol. The zero-order chi connectivity index (χ0) is 8.27. The summed E-state index contributed by atoms with van der Waals surface area (Å²) < 4.78 is 0. The van der Waals surface area contributed by atoms with Crippen LogP contribution in [0.3, 0.4) is 0 Å². The molecule has 0 aliphatic heterocycles. The van der Waals surface area contributed by atoms with Gasteiger partial charge < -0.3 is 5.11 Å². The standard InChI is InChI=1S/C7H10ClNOS/c1-5-4-11-7(9-5)2-6(8)3-10/h4,6,10H,2-3H2,1H3. The van der Waals surface area contributed by atoms with Crippen LogP contribution in [-0.4, -0.2) is 22.1 Å². The predicted octanol–water partition coefficient (Wildman–Crippen LogP) is 1.59. The average molecular weight is 192 g/mol. The molecule has 0 fully saturated rings. The lowest BCUT2D eigenvalue weighted by atomic mass is 10.3. The van der Waals surface area contributed by atoms with Gasteiger partial charge in [-0.25, -0.2) is 4.98 Å². The average Bonchev–Trinajstić information content (AvgIpc) is 2.35. The van der Waals surface area contributed by atoms with Crippen LogP contribution >= 0.6 is 22.9 Å². The summed E-state index contributed by atoms with van der Waals surface area (Å²) in [6.45, 7) is 1.96. The highest BCUT2D eigenvalue weighted by atomic mass is 35.5. The van der Waals surface area contributed by atoms with Gasteiger partial charge in [-0.05, 0) is 6.92 Å². The highest BCUT2D eigenvalue weighted by Crippen LogP contribution is 2.12. The summed E-state index contributed by atoms with van der Waals surface area (Å²) in [4.78, 5) is 4.22. The lowest BCUT2D eigenvalue weighted by Gasteiger charge is -2.00. The van der Waals surface area contributed by atoms with Crippen molar-refractivity contribution in [1.29, 1.82) is 0 Å². The summed E-state index contributed by atoms with van der Waals surface area (Å²) in [5.74, 6) is 0. The van der Waals surface area contributed by atoms with E-state index in [2.05, 4.69) is 4.98 Å². The Morgan fingerprint density at radius 2 is 2.55 bits per heavy atom. The van der Waals surface area contributed by atoms with Crippen LogP contribution < -0.4 is 0 Å². The number of halogens is 1. The highest BCUT2D eigenvalue weighted by molar-refractivity contribution is 7.09. The largest absolute Gasteiger partial charge is 0.395 e. The first-order valence-electron chi connectivity index (χ1n) is 3.38. The quantitative estimate of drug-likeness (QED) is 0.737. The van der Waals surface area contributed by atoms with Gasteiger partial charge in [0.1, 0.15) is 0 Å². The van der Waals surface area contributed by atoms with E-state index in [-0.39, 0.29) is 12.0 Å². The Kier molecular flexibility index (Phi) is 3.30. The minimum Gasteiger partial charge on any atom is -0.395 e. The number of hydrogen-bond donors (Lipinski definition) is 1. The Morgan fingerprint density at radius 3 is 3.00 bits per heavy atom. The van der Waals surface area contributed by atoms with E-state index in [1.54, 1.807) is 11.3 Å². The molecule has 0 spiro atoms. The number of nitrogens with zero attached hydrogens (tertiary/aromatic N) is 1. The fourth-order valence-corrected chi connectivity index (χ4v) is 1.84. The molecule has 0 amide bonds. The minimum absolute atomic E-state index is 0.0141. The molecular formula is C7H10ClNOS. The highest BCUT2D eigenvalue weighted by Gasteiger charge is 2.06. The van der Waals surface area contributed by atoms with Crippen molar-refractivity contribution in [3.8, 4) is 0 Å². The first-order valence-corrected chi connectivity index (χ1v) is 4.70. The molecule has 4 heteroatoms. The van der Waals surface area contributed by atoms with Crippen molar-refractivity contribution in [3.05, 3.63) is 16.1 Å². The lowest BCUT2D eigenvalue weighted by Crippen LogP contribution is -2.07. The molecule has 0 aliphatic rings. The smallest absolute Gasteiger partial charge is 0.0943 e. The van der Waals surface area contributed by atoms with Crippen LogP contribution in [0, 0.1) is 6.92 Å². The number of thiazole rings is 1. The van der Waals surface area contributed by atoms with Crippen molar-refractivity contribution in [2.45, 2.75) is 18.7 Å². The van der Waals surface area contributed by atoms with Gasteiger partial charge in [0.05, 0.1) is 17.0 Å². The first kappa shape index (κ1) is 8.97. The molecule has 0 saturated carbocycles. The summed E-state index contributed by atoms with van der Waals surface area (Å²) in [6.07, 6.45) is 0.663. The molecule has 62 valence electrons. The second-order valence-electron chi connectivity index (χ2n) is 2.37. The molecule has 11 heavy (non-hydrogen) atoms. The van der Waals surface area contributed by atoms with Crippen molar-refractivity contribution < 1.29 is 5.11 Å². The van der Waals surface area contributed by atoms with E-state index in [1.165, 1.54) is 0 Å². The van der Waals surface area contributed by atoms with E-state index in [0.717, 1.165) is 10.7 Å². The summed E-state index contributed by atoms with van der Waals surface area (Å²) in [5, 5.41) is 11.4. The van der Waals surface area contributed by atoms with Crippen molar-refractivity contribution in [3.63, 3.8) is 0 Å². The van der Waals surface area contributed by atoms with E-state index < -0.39 is 0 Å². The maximum atomic E-state index is 8.65. The lowest BCUT2D eigenvalue weighted by molar-refractivity contribution is 0.292. The van der Waals surface area contributed by atoms with Gasteiger partial charge in [0.2, 0.25) is 0 Å². The normalized spacial score (nSPS) is 13.4. The topological polar surface area (TPSA) is 33.1 Å². The molecular weight excluding hydrogens is 182 g/mol. The van der Waals surface area contributed by atoms with E-state index >= 15 is 0 Å². The molecule has 0 radical (unpaired) electrons. The zero-order valence-electron chi connectivity index (χ0n) is 6.25. The Morgan fingerprint density at radius 1 is 1.82 bits per heavy atom. The molecule has 1 aromatic heterocycles. The minimum atomic E-state index is -0.194. The van der Waals surface area contributed by atoms with E-state index in [4.69, 9.17) is 16.7 Å². The molecule has 0 saturated heterocycles. The van der Waals surface area contributed by atoms with Gasteiger partial charge >= 0.3 is 0 Å². The molecule has 2 nitrogen and oxygen atoms in total. The maximum Gasteiger partial charge on any atom is 0.0943 e. The van der Waals surface area contributed by atoms with Crippen LogP contribution in [0.1, 0.15) is 10.7 Å². The van der Waals surface area contributed by atoms with Crippen LogP contribution in [0.15, 0.2) is 5.38 Å². The van der Waals surface area contributed by atoms with Gasteiger partial charge in [0, 0.05) is 17.5 Å². The summed E-state index contributed by atoms with van der Waals surface area (Å²) >= 11 is 7.31. The van der Waals surface area contributed by atoms with Gasteiger partial charge in [-0.3, -0.25) is 0 Å². The first-order chi connectivity index (χ1) is 5.22. The van der Waals surface area contributed by atoms with Crippen LogP contribution in [-0.2, 0) is 6.42 Å². The fourth-order valence-electron chi connectivity index (χ4n) is 0.750. The van der Waals surface area contributed by atoms with Gasteiger partial charge in [-0.2, -0.15) is 0 Å². The van der Waals surface area contributed by atoms with E-state index in [0.29, 0.717) is 6.42 Å². The van der Waals surface area contributed by atoms with Crippen molar-refractivity contribution in [1.82, 2.24) is 4.98 Å². The third kappa shape index (κ3) is 2.77. The van der Waals surface area contributed by atoms with E-state index in [9.17, 15) is 0 Å². The molecule has 1 N–H and O–H groups in total. The Hall–Kier alpha value is -0.120. The van der Waals surface area contributed by atoms with Crippen LogP contribution in [0.2, 0.25) is 0 Å². The molecule has 1 heterocycles. The molecule has 1 aromatic rings. The van der Waals surface area contributed by atoms with Gasteiger partial charge in [-0.1, -0.05) is 0 Å². The van der Waals surface area contributed by atoms with Gasteiger partial charge in [0.15, 0.2) is 0 Å². The SMILES string of the molecule is Cc1csc(CC(Cl)CO)n1. The molecule has 1 unspecified atom stereocenters. The Labute approximate surface area is 74.8 Å². The molecule has 1 rings (SSSR count). The number of aliphatic hydroxyl groups excluding tert-OH is 1. The fraction of sp³-hybridized carbons (Fsp3) is 0.571. The van der Waals surface area contributed by atoms with Crippen LogP contribution in [0.5, 0.6) is 0 Å². The molecule has 0 aromatic carbocycles. The van der Waals surface area contributed by atoms with Crippen LogP contribution in [0.4, 0.5) is 0 Å². The van der Waals surface area contributed by atoms with Crippen LogP contribution in [0.25, 0.3) is 0 Å². The number of rotatable bonds is 3. The Bertz CT molecular complexity index is 226. The second kappa shape index (κ2) is 4.04. The zero-order valence-corrected chi connectivity index (χ0v) is 7.82. The number of aryl methyl sites for hydroxylation is 1. The summed E-state index contributed by atoms with van der Waals surface area (Å²) in [6, 6.07) is 0. The summed E-state index contributed by atoms with van der Waals surface area (Å²) in [7, 11) is 0. The number of aliphatic hydroxyl groups is 1. The third-order valence-corrected chi connectivity index (χ3v) is 2.54. The second-order valence-corrected chi connectivity index (χ2v) is 3.93. The monoisotopic (exact) mass is 191 g/mol. The Balaban J connectivity index is 2.50. The van der Waals surface area contributed by atoms with Crippen molar-refractivity contribution in [2.24, 2.45) is 0 Å². The number of aromatic nitrogens is 1. The molecule has 1 atom stereocenters. The van der Waals surface area contributed by atoms with Crippen molar-refractivity contribution in [2.75, 3.05) is 6.61 Å². The van der Waals surface area contributed by atoms with Gasteiger partial charge in [0.25, 0.3) is 0 Å². The number of hydrogen-bond acceptors (Lipinski definition) is 3. The summed E-state index contributed by atoms with van der Waals surface area (Å²) in [5.41, 5.74) is 1.02. The van der Waals surface area contributed by atoms with Crippen molar-refractivity contribution >= 4 is 22.9 Å². The third-order valence-electron chi connectivity index (χ3n) is 1.26. The maximum absolute atomic E-state index is 8.65. The molecule has 0 bridgehead atoms. The van der Waals surface area contributed by atoms with Gasteiger partial charge in [-0.15, -0.1) is 22.9 Å². The molecule has 0 aliphatic carbocycles. The van der Waals surface area contributed by atoms with E-state index in [1.807, 2.05) is 12.3 Å². The number of alkyl halides is 1.